The fraction of sp³-hybridized carbons (Fsp3) is 0.188. The lowest BCUT2D eigenvalue weighted by atomic mass is 9.90. The highest BCUT2D eigenvalue weighted by atomic mass is 15.2. The average molecular weight is 441 g/mol. The maximum Gasteiger partial charge on any atom is 0.0534 e. The van der Waals surface area contributed by atoms with E-state index in [2.05, 4.69) is 120 Å². The normalized spacial score (nSPS) is 18.6. The average Bonchev–Trinajstić information content (AvgIpc) is 3.35. The Kier molecular flexibility index (Phi) is 4.26. The van der Waals surface area contributed by atoms with Crippen molar-refractivity contribution in [3.8, 4) is 16.8 Å². The van der Waals surface area contributed by atoms with E-state index >= 15 is 0 Å². The number of aromatic nitrogens is 1. The molecule has 166 valence electrons. The van der Waals surface area contributed by atoms with Gasteiger partial charge in [-0.05, 0) is 77.4 Å². The summed E-state index contributed by atoms with van der Waals surface area (Å²) in [5.74, 6) is 1.15. The molecule has 0 saturated carbocycles. The second kappa shape index (κ2) is 7.36. The van der Waals surface area contributed by atoms with Crippen LogP contribution in [0.5, 0.6) is 0 Å². The minimum absolute atomic E-state index is 0.568. The van der Waals surface area contributed by atoms with E-state index in [0.29, 0.717) is 11.8 Å². The lowest BCUT2D eigenvalue weighted by molar-refractivity contribution is 0.648. The summed E-state index contributed by atoms with van der Waals surface area (Å²) in [7, 11) is 0. The zero-order valence-electron chi connectivity index (χ0n) is 19.7. The highest BCUT2D eigenvalue weighted by Crippen LogP contribution is 2.49. The molecule has 1 aromatic heterocycles. The highest BCUT2D eigenvalue weighted by molar-refractivity contribution is 5.94. The third-order valence-electron chi connectivity index (χ3n) is 7.86. The van der Waals surface area contributed by atoms with E-state index in [0.717, 1.165) is 6.54 Å². The maximum absolute atomic E-state index is 2.52. The van der Waals surface area contributed by atoms with E-state index in [1.165, 1.54) is 56.8 Å². The Hall–Kier alpha value is -3.78. The molecule has 0 spiro atoms. The van der Waals surface area contributed by atoms with Gasteiger partial charge in [-0.25, -0.2) is 0 Å². The van der Waals surface area contributed by atoms with Crippen LogP contribution in [-0.2, 0) is 6.54 Å². The molecular weight excluding hydrogens is 412 g/mol. The van der Waals surface area contributed by atoms with Crippen molar-refractivity contribution in [2.45, 2.75) is 38.6 Å². The first-order valence-corrected chi connectivity index (χ1v) is 12.4. The lowest BCUT2D eigenvalue weighted by Gasteiger charge is -2.38. The molecule has 1 aliphatic heterocycles. The van der Waals surface area contributed by atoms with E-state index in [-0.39, 0.29) is 0 Å². The van der Waals surface area contributed by atoms with Gasteiger partial charge in [0.05, 0.1) is 12.1 Å². The first-order valence-electron chi connectivity index (χ1n) is 12.4. The number of nitrogens with zero attached hydrogens (tertiary/aromatic N) is 2. The molecule has 0 fully saturated rings. The first kappa shape index (κ1) is 19.7. The molecule has 0 N–H and O–H groups in total. The number of hydrogen-bond donors (Lipinski definition) is 0. The molecular formula is C32H28N2. The SMILES string of the molecule is CC1CC(C)c2c1c1cc(-c3cccc4c3CN4c3ccccc3)ccc1n2-c1ccccc1. The Morgan fingerprint density at radius 3 is 2.21 bits per heavy atom. The van der Waals surface area contributed by atoms with Crippen molar-refractivity contribution in [2.75, 3.05) is 4.90 Å². The molecule has 7 rings (SSSR count). The van der Waals surface area contributed by atoms with E-state index in [1.54, 1.807) is 5.56 Å². The van der Waals surface area contributed by atoms with Crippen LogP contribution in [-0.4, -0.2) is 4.57 Å². The van der Waals surface area contributed by atoms with Gasteiger partial charge in [0, 0.05) is 33.7 Å². The van der Waals surface area contributed by atoms with Gasteiger partial charge in [-0.1, -0.05) is 68.4 Å². The van der Waals surface area contributed by atoms with Gasteiger partial charge in [-0.3, -0.25) is 0 Å². The van der Waals surface area contributed by atoms with E-state index in [4.69, 9.17) is 0 Å². The Bertz CT molecular complexity index is 1530. The molecule has 1 aliphatic carbocycles. The summed E-state index contributed by atoms with van der Waals surface area (Å²) in [5.41, 5.74) is 12.4. The second-order valence-electron chi connectivity index (χ2n) is 9.96. The monoisotopic (exact) mass is 440 g/mol. The number of benzene rings is 4. The number of hydrogen-bond acceptors (Lipinski definition) is 1. The van der Waals surface area contributed by atoms with Gasteiger partial charge < -0.3 is 9.47 Å². The van der Waals surface area contributed by atoms with Gasteiger partial charge in [-0.15, -0.1) is 0 Å². The van der Waals surface area contributed by atoms with Crippen molar-refractivity contribution >= 4 is 22.3 Å². The van der Waals surface area contributed by atoms with Gasteiger partial charge in [0.15, 0.2) is 0 Å². The van der Waals surface area contributed by atoms with Crippen molar-refractivity contribution in [2.24, 2.45) is 0 Å². The fourth-order valence-corrected chi connectivity index (χ4v) is 6.38. The predicted octanol–water partition coefficient (Wildman–Crippen LogP) is 8.56. The molecule has 5 aromatic rings. The van der Waals surface area contributed by atoms with Crippen LogP contribution >= 0.6 is 0 Å². The minimum Gasteiger partial charge on any atom is -0.337 e. The van der Waals surface area contributed by atoms with Crippen molar-refractivity contribution in [1.82, 2.24) is 4.57 Å². The van der Waals surface area contributed by atoms with Crippen LogP contribution in [0.4, 0.5) is 11.4 Å². The zero-order valence-corrected chi connectivity index (χ0v) is 19.7. The number of para-hydroxylation sites is 2. The summed E-state index contributed by atoms with van der Waals surface area (Å²) in [6, 6.07) is 35.5. The third kappa shape index (κ3) is 2.75. The molecule has 0 amide bonds. The standard InChI is InChI=1S/C32H28N2/c1-21-18-22(2)32-31(21)27-19-23(16-17-30(27)34(32)25-12-7-4-8-13-25)26-14-9-15-29-28(26)20-33(29)24-10-5-3-6-11-24/h3-17,19,21-22H,18,20H2,1-2H3. The summed E-state index contributed by atoms with van der Waals surface area (Å²) < 4.78 is 2.52. The van der Waals surface area contributed by atoms with Gasteiger partial charge in [0.25, 0.3) is 0 Å². The van der Waals surface area contributed by atoms with Crippen LogP contribution in [0.3, 0.4) is 0 Å². The summed E-state index contributed by atoms with van der Waals surface area (Å²) in [4.78, 5) is 2.41. The van der Waals surface area contributed by atoms with Gasteiger partial charge >= 0.3 is 0 Å². The Balaban J connectivity index is 1.39. The number of anilines is 2. The van der Waals surface area contributed by atoms with Gasteiger partial charge in [0.1, 0.15) is 0 Å². The van der Waals surface area contributed by atoms with Crippen LogP contribution in [0.2, 0.25) is 0 Å². The van der Waals surface area contributed by atoms with Crippen LogP contribution in [0.25, 0.3) is 27.7 Å². The topological polar surface area (TPSA) is 8.17 Å². The maximum atomic E-state index is 2.52. The quantitative estimate of drug-likeness (QED) is 0.273. The molecule has 4 aromatic carbocycles. The smallest absolute Gasteiger partial charge is 0.0534 e. The molecule has 2 unspecified atom stereocenters. The number of rotatable bonds is 3. The molecule has 34 heavy (non-hydrogen) atoms. The zero-order chi connectivity index (χ0) is 22.8. The van der Waals surface area contributed by atoms with Crippen molar-refractivity contribution in [3.63, 3.8) is 0 Å². The molecule has 2 heterocycles. The molecule has 2 atom stereocenters. The van der Waals surface area contributed by atoms with Crippen LogP contribution in [0.15, 0.2) is 97.1 Å². The first-order chi connectivity index (χ1) is 16.7. The summed E-state index contributed by atoms with van der Waals surface area (Å²) in [6.07, 6.45) is 1.23. The second-order valence-corrected chi connectivity index (χ2v) is 9.96. The summed E-state index contributed by atoms with van der Waals surface area (Å²) in [6.45, 7) is 5.75. The molecule has 2 heteroatoms. The van der Waals surface area contributed by atoms with Gasteiger partial charge in [0.2, 0.25) is 0 Å². The van der Waals surface area contributed by atoms with E-state index in [1.807, 2.05) is 0 Å². The van der Waals surface area contributed by atoms with E-state index in [9.17, 15) is 0 Å². The van der Waals surface area contributed by atoms with Crippen molar-refractivity contribution in [3.05, 3.63) is 114 Å². The van der Waals surface area contributed by atoms with Crippen molar-refractivity contribution < 1.29 is 0 Å². The lowest BCUT2D eigenvalue weighted by Crippen LogP contribution is -2.27. The minimum atomic E-state index is 0.568. The molecule has 2 aliphatic rings. The Labute approximate surface area is 201 Å². The Morgan fingerprint density at radius 1 is 0.706 bits per heavy atom. The summed E-state index contributed by atoms with van der Waals surface area (Å²) >= 11 is 0. The number of fused-ring (bicyclic) bond motifs is 4. The molecule has 0 bridgehead atoms. The van der Waals surface area contributed by atoms with Crippen molar-refractivity contribution in [1.29, 1.82) is 0 Å². The predicted molar refractivity (Wildman–Crippen MR) is 142 cm³/mol. The molecule has 0 saturated heterocycles. The van der Waals surface area contributed by atoms with Gasteiger partial charge in [-0.2, -0.15) is 0 Å². The van der Waals surface area contributed by atoms with Crippen LogP contribution in [0, 0.1) is 0 Å². The largest absolute Gasteiger partial charge is 0.337 e. The molecule has 2 nitrogen and oxygen atoms in total. The fourth-order valence-electron chi connectivity index (χ4n) is 6.38. The van der Waals surface area contributed by atoms with Crippen LogP contribution in [0.1, 0.15) is 48.9 Å². The molecule has 0 radical (unpaired) electrons. The highest BCUT2D eigenvalue weighted by Gasteiger charge is 2.33. The Morgan fingerprint density at radius 2 is 1.44 bits per heavy atom. The van der Waals surface area contributed by atoms with Crippen LogP contribution < -0.4 is 4.90 Å². The van der Waals surface area contributed by atoms with E-state index < -0.39 is 0 Å². The summed E-state index contributed by atoms with van der Waals surface area (Å²) in [5, 5.41) is 1.42. The third-order valence-corrected chi connectivity index (χ3v) is 7.86.